The number of alkyl halides is 3. The molecule has 4 atom stereocenters. The number of imidazole rings is 1. The van der Waals surface area contributed by atoms with Gasteiger partial charge in [0.2, 0.25) is 0 Å². The molecule has 39 heavy (non-hydrogen) atoms. The van der Waals surface area contributed by atoms with Gasteiger partial charge in [-0.05, 0) is 49.8 Å². The van der Waals surface area contributed by atoms with Gasteiger partial charge in [-0.1, -0.05) is 0 Å². The van der Waals surface area contributed by atoms with Crippen molar-refractivity contribution < 1.29 is 28.1 Å². The van der Waals surface area contributed by atoms with Gasteiger partial charge in [0, 0.05) is 37.2 Å². The number of nitrogens with zero attached hydrogens (tertiary/aromatic N) is 4. The number of aliphatic hydroxyl groups excluding tert-OH is 2. The van der Waals surface area contributed by atoms with E-state index < -0.39 is 18.6 Å². The molecule has 2 aliphatic rings. The summed E-state index contributed by atoms with van der Waals surface area (Å²) < 4.78 is 43.3. The zero-order valence-electron chi connectivity index (χ0n) is 21.0. The second-order valence-electron chi connectivity index (χ2n) is 10.7. The van der Waals surface area contributed by atoms with Crippen molar-refractivity contribution in [1.82, 2.24) is 29.8 Å². The third kappa shape index (κ3) is 5.25. The van der Waals surface area contributed by atoms with Crippen molar-refractivity contribution in [2.75, 3.05) is 12.3 Å². The SMILES string of the molecule is Nc1ncnc2c1ccn2C1CC(CNC2CC(CCc3nc4ccc(OC(F)(F)F)cc4[nH]3)C2)C(O)C1O. The van der Waals surface area contributed by atoms with Gasteiger partial charge in [-0.2, -0.15) is 0 Å². The summed E-state index contributed by atoms with van der Waals surface area (Å²) in [6, 6.07) is 5.96. The third-order valence-electron chi connectivity index (χ3n) is 8.10. The highest BCUT2D eigenvalue weighted by molar-refractivity contribution is 5.86. The predicted molar refractivity (Wildman–Crippen MR) is 137 cm³/mol. The van der Waals surface area contributed by atoms with Crippen LogP contribution in [0.4, 0.5) is 19.0 Å². The number of nitrogen functional groups attached to an aromatic ring is 1. The number of H-pyrrole nitrogens is 1. The highest BCUT2D eigenvalue weighted by atomic mass is 19.4. The average Bonchev–Trinajstić information content (AvgIpc) is 3.53. The number of hydrogen-bond acceptors (Lipinski definition) is 8. The van der Waals surface area contributed by atoms with Crippen LogP contribution in [0.1, 0.15) is 37.5 Å². The number of aliphatic hydroxyl groups is 2. The Labute approximate surface area is 221 Å². The number of fused-ring (bicyclic) bond motifs is 2. The molecule has 208 valence electrons. The van der Waals surface area contributed by atoms with E-state index in [4.69, 9.17) is 5.73 Å². The van der Waals surface area contributed by atoms with Crippen LogP contribution < -0.4 is 15.8 Å². The molecule has 4 unspecified atom stereocenters. The van der Waals surface area contributed by atoms with Crippen molar-refractivity contribution in [2.45, 2.75) is 62.8 Å². The predicted octanol–water partition coefficient (Wildman–Crippen LogP) is 3.07. The number of aryl methyl sites for hydroxylation is 1. The van der Waals surface area contributed by atoms with E-state index >= 15 is 0 Å². The maximum Gasteiger partial charge on any atom is 0.573 e. The first-order chi connectivity index (χ1) is 18.6. The van der Waals surface area contributed by atoms with E-state index in [0.717, 1.165) is 30.5 Å². The van der Waals surface area contributed by atoms with Crippen molar-refractivity contribution in [3.05, 3.63) is 42.6 Å². The molecular formula is C26H30F3N7O3. The number of anilines is 1. The fourth-order valence-electron chi connectivity index (χ4n) is 5.99. The van der Waals surface area contributed by atoms with Crippen LogP contribution >= 0.6 is 0 Å². The van der Waals surface area contributed by atoms with Crippen LogP contribution in [0.3, 0.4) is 0 Å². The number of nitrogens with two attached hydrogens (primary N) is 1. The van der Waals surface area contributed by atoms with E-state index in [1.165, 1.54) is 24.5 Å². The summed E-state index contributed by atoms with van der Waals surface area (Å²) in [7, 11) is 0. The minimum atomic E-state index is -4.73. The highest BCUT2D eigenvalue weighted by Gasteiger charge is 2.43. The van der Waals surface area contributed by atoms with E-state index in [1.54, 1.807) is 0 Å². The molecule has 3 heterocycles. The number of halogens is 3. The largest absolute Gasteiger partial charge is 0.573 e. The Kier molecular flexibility index (Phi) is 6.60. The molecule has 0 saturated heterocycles. The maximum absolute atomic E-state index is 12.5. The number of hydrogen-bond donors (Lipinski definition) is 5. The maximum atomic E-state index is 12.5. The summed E-state index contributed by atoms with van der Waals surface area (Å²) in [4.78, 5) is 15.9. The Morgan fingerprint density at radius 3 is 2.74 bits per heavy atom. The van der Waals surface area contributed by atoms with Crippen molar-refractivity contribution in [3.63, 3.8) is 0 Å². The van der Waals surface area contributed by atoms with Crippen LogP contribution in [0.2, 0.25) is 0 Å². The Morgan fingerprint density at radius 1 is 1.13 bits per heavy atom. The molecule has 10 nitrogen and oxygen atoms in total. The number of ether oxygens (including phenoxy) is 1. The van der Waals surface area contributed by atoms with Gasteiger partial charge in [-0.3, -0.25) is 0 Å². The normalized spacial score (nSPS) is 27.3. The Balaban J connectivity index is 0.972. The summed E-state index contributed by atoms with van der Waals surface area (Å²) in [6.07, 6.45) is 0.982. The standard InChI is InChI=1S/C26H30F3N7O3/c27-26(28,29)39-16-2-3-18-19(10-16)35-21(34-18)4-1-13-7-15(8-13)31-11-14-9-20(23(38)22(14)37)36-6-5-17-24(30)32-12-33-25(17)36/h2-3,5-6,10,12-15,20,22-23,31,37-38H,1,4,7-9,11H2,(H,34,35)(H2,30,32,33). The summed E-state index contributed by atoms with van der Waals surface area (Å²) >= 11 is 0. The second-order valence-corrected chi connectivity index (χ2v) is 10.7. The number of aromatic nitrogens is 5. The number of rotatable bonds is 8. The van der Waals surface area contributed by atoms with Gasteiger partial charge in [-0.25, -0.2) is 15.0 Å². The van der Waals surface area contributed by atoms with E-state index in [-0.39, 0.29) is 17.7 Å². The lowest BCUT2D eigenvalue weighted by molar-refractivity contribution is -0.274. The summed E-state index contributed by atoms with van der Waals surface area (Å²) in [5, 5.41) is 25.7. The van der Waals surface area contributed by atoms with Crippen molar-refractivity contribution in [2.24, 2.45) is 11.8 Å². The first-order valence-electron chi connectivity index (χ1n) is 13.1. The fourth-order valence-corrected chi connectivity index (χ4v) is 5.99. The van der Waals surface area contributed by atoms with Crippen molar-refractivity contribution >= 4 is 27.9 Å². The first kappa shape index (κ1) is 25.8. The first-order valence-corrected chi connectivity index (χ1v) is 13.1. The fraction of sp³-hybridized carbons (Fsp3) is 0.500. The minimum absolute atomic E-state index is 0.0950. The second kappa shape index (κ2) is 9.96. The van der Waals surface area contributed by atoms with Gasteiger partial charge in [0.25, 0.3) is 0 Å². The van der Waals surface area contributed by atoms with Crippen molar-refractivity contribution in [1.29, 1.82) is 0 Å². The lowest BCUT2D eigenvalue weighted by Crippen LogP contribution is -2.44. The van der Waals surface area contributed by atoms with Crippen LogP contribution in [0.15, 0.2) is 36.8 Å². The molecule has 2 aliphatic carbocycles. The lowest BCUT2D eigenvalue weighted by Gasteiger charge is -2.37. The van der Waals surface area contributed by atoms with Gasteiger partial charge in [0.1, 0.15) is 35.5 Å². The molecule has 0 spiro atoms. The Bertz CT molecular complexity index is 1470. The quantitative estimate of drug-likeness (QED) is 0.227. The van der Waals surface area contributed by atoms with Crippen molar-refractivity contribution in [3.8, 4) is 5.75 Å². The number of benzene rings is 1. The van der Waals surface area contributed by atoms with E-state index in [9.17, 15) is 23.4 Å². The summed E-state index contributed by atoms with van der Waals surface area (Å²) in [5.41, 5.74) is 7.70. The van der Waals surface area contributed by atoms with Gasteiger partial charge in [0.15, 0.2) is 0 Å². The van der Waals surface area contributed by atoms with E-state index in [0.29, 0.717) is 53.8 Å². The average molecular weight is 546 g/mol. The van der Waals surface area contributed by atoms with Crippen LogP contribution in [-0.2, 0) is 6.42 Å². The van der Waals surface area contributed by atoms with Gasteiger partial charge in [-0.15, -0.1) is 13.2 Å². The molecule has 6 N–H and O–H groups in total. The molecule has 6 rings (SSSR count). The summed E-state index contributed by atoms with van der Waals surface area (Å²) in [5.74, 6) is 1.27. The number of aromatic amines is 1. The van der Waals surface area contributed by atoms with Gasteiger partial charge < -0.3 is 35.6 Å². The molecule has 0 bridgehead atoms. The molecule has 0 radical (unpaired) electrons. The van der Waals surface area contributed by atoms with E-state index in [2.05, 4.69) is 30.0 Å². The summed E-state index contributed by atoms with van der Waals surface area (Å²) in [6.45, 7) is 0.605. The van der Waals surface area contributed by atoms with Crippen LogP contribution in [0.25, 0.3) is 22.1 Å². The minimum Gasteiger partial charge on any atom is -0.406 e. The van der Waals surface area contributed by atoms with Gasteiger partial charge >= 0.3 is 6.36 Å². The molecule has 0 aliphatic heterocycles. The zero-order chi connectivity index (χ0) is 27.3. The molecule has 2 fully saturated rings. The van der Waals surface area contributed by atoms with Crippen LogP contribution in [-0.4, -0.2) is 65.9 Å². The molecule has 3 aromatic heterocycles. The van der Waals surface area contributed by atoms with Gasteiger partial charge in [0.05, 0.1) is 28.6 Å². The smallest absolute Gasteiger partial charge is 0.406 e. The Hall–Kier alpha value is -3.42. The Morgan fingerprint density at radius 2 is 1.95 bits per heavy atom. The number of nitrogens with one attached hydrogen (secondary N) is 2. The molecule has 13 heteroatoms. The molecule has 0 amide bonds. The molecule has 1 aromatic carbocycles. The molecule has 4 aromatic rings. The topological polar surface area (TPSA) is 147 Å². The zero-order valence-corrected chi connectivity index (χ0v) is 21.0. The third-order valence-corrected chi connectivity index (χ3v) is 8.10. The van der Waals surface area contributed by atoms with Crippen LogP contribution in [0, 0.1) is 11.8 Å². The van der Waals surface area contributed by atoms with E-state index in [1.807, 2.05) is 16.8 Å². The molecule has 2 saturated carbocycles. The highest BCUT2D eigenvalue weighted by Crippen LogP contribution is 2.38. The molecular weight excluding hydrogens is 515 g/mol. The lowest BCUT2D eigenvalue weighted by atomic mass is 9.77. The van der Waals surface area contributed by atoms with Crippen LogP contribution in [0.5, 0.6) is 5.75 Å². The monoisotopic (exact) mass is 545 g/mol.